The van der Waals surface area contributed by atoms with Crippen LogP contribution in [0, 0.1) is 0 Å². The van der Waals surface area contributed by atoms with E-state index in [1.807, 2.05) is 20.2 Å². The zero-order valence-electron chi connectivity index (χ0n) is 12.0. The SMILES string of the molecule is C=C(C)CN(C)c1cc(C(C)NCCC)ccn1. The van der Waals surface area contributed by atoms with Crippen LogP contribution in [-0.2, 0) is 0 Å². The predicted molar refractivity (Wildman–Crippen MR) is 79.0 cm³/mol. The smallest absolute Gasteiger partial charge is 0.128 e. The van der Waals surface area contributed by atoms with Gasteiger partial charge in [0.2, 0.25) is 0 Å². The van der Waals surface area contributed by atoms with E-state index in [0.717, 1.165) is 30.9 Å². The molecule has 0 saturated carbocycles. The second kappa shape index (κ2) is 7.17. The van der Waals surface area contributed by atoms with Gasteiger partial charge in [0.1, 0.15) is 5.82 Å². The Kier molecular flexibility index (Phi) is 5.86. The van der Waals surface area contributed by atoms with Crippen LogP contribution >= 0.6 is 0 Å². The fourth-order valence-corrected chi connectivity index (χ4v) is 1.88. The maximum atomic E-state index is 4.41. The minimum Gasteiger partial charge on any atom is -0.356 e. The van der Waals surface area contributed by atoms with E-state index >= 15 is 0 Å². The van der Waals surface area contributed by atoms with Crippen molar-refractivity contribution in [2.75, 3.05) is 25.0 Å². The second-order valence-corrected chi connectivity index (χ2v) is 4.94. The highest BCUT2D eigenvalue weighted by Crippen LogP contribution is 2.17. The van der Waals surface area contributed by atoms with Gasteiger partial charge in [-0.1, -0.05) is 19.1 Å². The maximum absolute atomic E-state index is 4.41. The Morgan fingerprint density at radius 3 is 2.89 bits per heavy atom. The van der Waals surface area contributed by atoms with Crippen molar-refractivity contribution in [3.05, 3.63) is 36.0 Å². The molecule has 100 valence electrons. The third kappa shape index (κ3) is 4.49. The number of hydrogen-bond acceptors (Lipinski definition) is 3. The largest absolute Gasteiger partial charge is 0.356 e. The Labute approximate surface area is 111 Å². The summed E-state index contributed by atoms with van der Waals surface area (Å²) in [4.78, 5) is 6.54. The molecule has 3 nitrogen and oxygen atoms in total. The molecule has 3 heteroatoms. The molecule has 1 aromatic heterocycles. The average Bonchev–Trinajstić information content (AvgIpc) is 2.35. The summed E-state index contributed by atoms with van der Waals surface area (Å²) in [6.45, 7) is 12.2. The molecule has 1 unspecified atom stereocenters. The third-order valence-corrected chi connectivity index (χ3v) is 2.87. The van der Waals surface area contributed by atoms with E-state index in [0.29, 0.717) is 6.04 Å². The van der Waals surface area contributed by atoms with Crippen LogP contribution in [-0.4, -0.2) is 25.1 Å². The van der Waals surface area contributed by atoms with Crippen LogP contribution in [0.2, 0.25) is 0 Å². The molecule has 0 fully saturated rings. The molecule has 1 N–H and O–H groups in total. The monoisotopic (exact) mass is 247 g/mol. The van der Waals surface area contributed by atoms with E-state index in [1.54, 1.807) is 0 Å². The first-order chi connectivity index (χ1) is 8.54. The Balaban J connectivity index is 2.75. The van der Waals surface area contributed by atoms with Crippen LogP contribution in [0.5, 0.6) is 0 Å². The molecule has 0 aliphatic rings. The number of hydrogen-bond donors (Lipinski definition) is 1. The third-order valence-electron chi connectivity index (χ3n) is 2.87. The summed E-state index contributed by atoms with van der Waals surface area (Å²) < 4.78 is 0. The summed E-state index contributed by atoms with van der Waals surface area (Å²) in [6.07, 6.45) is 3.03. The lowest BCUT2D eigenvalue weighted by atomic mass is 10.1. The molecule has 1 aromatic rings. The molecule has 1 heterocycles. The molecule has 1 atom stereocenters. The molecule has 0 bridgehead atoms. The summed E-state index contributed by atoms with van der Waals surface area (Å²) in [6, 6.07) is 4.59. The van der Waals surface area contributed by atoms with Crippen molar-refractivity contribution in [1.29, 1.82) is 0 Å². The Hall–Kier alpha value is -1.35. The van der Waals surface area contributed by atoms with Gasteiger partial charge in [0.25, 0.3) is 0 Å². The summed E-state index contributed by atoms with van der Waals surface area (Å²) in [7, 11) is 2.05. The van der Waals surface area contributed by atoms with Crippen LogP contribution in [0.25, 0.3) is 0 Å². The fourth-order valence-electron chi connectivity index (χ4n) is 1.88. The van der Waals surface area contributed by atoms with E-state index < -0.39 is 0 Å². The van der Waals surface area contributed by atoms with Gasteiger partial charge in [-0.05, 0) is 44.5 Å². The van der Waals surface area contributed by atoms with Crippen molar-refractivity contribution < 1.29 is 0 Å². The highest BCUT2D eigenvalue weighted by Gasteiger charge is 2.08. The molecule has 0 spiro atoms. The second-order valence-electron chi connectivity index (χ2n) is 4.94. The fraction of sp³-hybridized carbons (Fsp3) is 0.533. The Morgan fingerprint density at radius 1 is 1.56 bits per heavy atom. The van der Waals surface area contributed by atoms with Gasteiger partial charge in [0.05, 0.1) is 0 Å². The van der Waals surface area contributed by atoms with Crippen LogP contribution in [0.3, 0.4) is 0 Å². The Morgan fingerprint density at radius 2 is 2.28 bits per heavy atom. The van der Waals surface area contributed by atoms with Crippen LogP contribution in [0.15, 0.2) is 30.5 Å². The maximum Gasteiger partial charge on any atom is 0.128 e. The molecule has 0 aromatic carbocycles. The Bertz CT molecular complexity index is 387. The van der Waals surface area contributed by atoms with Gasteiger partial charge in [0, 0.05) is 25.8 Å². The van der Waals surface area contributed by atoms with Gasteiger partial charge >= 0.3 is 0 Å². The standard InChI is InChI=1S/C15H25N3/c1-6-8-16-13(4)14-7-9-17-15(10-14)18(5)11-12(2)3/h7,9-10,13,16H,2,6,8,11H2,1,3-5H3. The van der Waals surface area contributed by atoms with Crippen LogP contribution in [0.1, 0.15) is 38.8 Å². The van der Waals surface area contributed by atoms with E-state index in [4.69, 9.17) is 0 Å². The predicted octanol–water partition coefficient (Wildman–Crippen LogP) is 3.15. The number of nitrogens with zero attached hydrogens (tertiary/aromatic N) is 2. The van der Waals surface area contributed by atoms with Gasteiger partial charge in [-0.25, -0.2) is 4.98 Å². The molecule has 0 amide bonds. The summed E-state index contributed by atoms with van der Waals surface area (Å²) in [5.74, 6) is 1.00. The molecule has 0 aliphatic heterocycles. The van der Waals surface area contributed by atoms with E-state index in [2.05, 4.69) is 47.8 Å². The van der Waals surface area contributed by atoms with Crippen molar-refractivity contribution in [2.45, 2.75) is 33.2 Å². The molecular weight excluding hydrogens is 222 g/mol. The van der Waals surface area contributed by atoms with Gasteiger partial charge in [-0.2, -0.15) is 0 Å². The van der Waals surface area contributed by atoms with Crippen molar-refractivity contribution in [3.8, 4) is 0 Å². The molecule has 0 saturated heterocycles. The summed E-state index contributed by atoms with van der Waals surface area (Å²) >= 11 is 0. The average molecular weight is 247 g/mol. The lowest BCUT2D eigenvalue weighted by molar-refractivity contribution is 0.570. The number of nitrogens with one attached hydrogen (secondary N) is 1. The lowest BCUT2D eigenvalue weighted by Gasteiger charge is -2.20. The van der Waals surface area contributed by atoms with Crippen LogP contribution < -0.4 is 10.2 Å². The van der Waals surface area contributed by atoms with Crippen molar-refractivity contribution in [3.63, 3.8) is 0 Å². The molecule has 0 radical (unpaired) electrons. The van der Waals surface area contributed by atoms with Gasteiger partial charge in [-0.15, -0.1) is 0 Å². The first-order valence-corrected chi connectivity index (χ1v) is 6.59. The van der Waals surface area contributed by atoms with Gasteiger partial charge < -0.3 is 10.2 Å². The lowest BCUT2D eigenvalue weighted by Crippen LogP contribution is -2.22. The molecular formula is C15H25N3. The zero-order chi connectivity index (χ0) is 13.5. The normalized spacial score (nSPS) is 12.2. The van der Waals surface area contributed by atoms with E-state index in [-0.39, 0.29) is 0 Å². The number of likely N-dealkylation sites (N-methyl/N-ethyl adjacent to an activating group) is 1. The first kappa shape index (κ1) is 14.7. The highest BCUT2D eigenvalue weighted by atomic mass is 15.2. The number of anilines is 1. The van der Waals surface area contributed by atoms with Gasteiger partial charge in [-0.3, -0.25) is 0 Å². The van der Waals surface area contributed by atoms with Gasteiger partial charge in [0.15, 0.2) is 0 Å². The quantitative estimate of drug-likeness (QED) is 0.750. The number of aromatic nitrogens is 1. The van der Waals surface area contributed by atoms with Crippen molar-refractivity contribution in [1.82, 2.24) is 10.3 Å². The van der Waals surface area contributed by atoms with Crippen molar-refractivity contribution >= 4 is 5.82 Å². The van der Waals surface area contributed by atoms with Crippen LogP contribution in [0.4, 0.5) is 5.82 Å². The molecule has 1 rings (SSSR count). The number of rotatable bonds is 7. The van der Waals surface area contributed by atoms with E-state index in [1.165, 1.54) is 5.56 Å². The molecule has 18 heavy (non-hydrogen) atoms. The summed E-state index contributed by atoms with van der Waals surface area (Å²) in [5, 5.41) is 3.49. The minimum atomic E-state index is 0.366. The van der Waals surface area contributed by atoms with Crippen molar-refractivity contribution in [2.24, 2.45) is 0 Å². The molecule has 0 aliphatic carbocycles. The highest BCUT2D eigenvalue weighted by molar-refractivity contribution is 5.42. The zero-order valence-corrected chi connectivity index (χ0v) is 12.0. The van der Waals surface area contributed by atoms with E-state index in [9.17, 15) is 0 Å². The summed E-state index contributed by atoms with van der Waals surface area (Å²) in [5.41, 5.74) is 2.42. The number of pyridine rings is 1. The topological polar surface area (TPSA) is 28.2 Å². The minimum absolute atomic E-state index is 0.366. The first-order valence-electron chi connectivity index (χ1n) is 6.59.